The fraction of sp³-hybridized carbons (Fsp3) is 0.375. The lowest BCUT2D eigenvalue weighted by atomic mass is 9.87. The van der Waals surface area contributed by atoms with Gasteiger partial charge in [-0.15, -0.1) is 0 Å². The second-order valence-electron chi connectivity index (χ2n) is 7.43. The van der Waals surface area contributed by atoms with Crippen molar-refractivity contribution < 1.29 is 19.1 Å². The summed E-state index contributed by atoms with van der Waals surface area (Å²) in [6.45, 7) is 5.57. The third kappa shape index (κ3) is 3.70. The van der Waals surface area contributed by atoms with Gasteiger partial charge in [0.2, 0.25) is 0 Å². The molecule has 0 aliphatic carbocycles. The van der Waals surface area contributed by atoms with Crippen LogP contribution in [0, 0.1) is 0 Å². The number of rotatable bonds is 8. The van der Waals surface area contributed by atoms with Crippen LogP contribution in [0.25, 0.3) is 0 Å². The van der Waals surface area contributed by atoms with Crippen LogP contribution in [-0.4, -0.2) is 36.3 Å². The zero-order valence-electron chi connectivity index (χ0n) is 18.0. The number of methoxy groups -OCH3 is 1. The van der Waals surface area contributed by atoms with Crippen molar-refractivity contribution in [3.05, 3.63) is 64.7 Å². The molecule has 1 heterocycles. The van der Waals surface area contributed by atoms with Gasteiger partial charge < -0.3 is 10.1 Å². The number of aryl methyl sites for hydroxylation is 2. The van der Waals surface area contributed by atoms with Crippen LogP contribution in [0.4, 0.5) is 4.79 Å². The third-order valence-electron chi connectivity index (χ3n) is 5.85. The molecule has 1 saturated heterocycles. The summed E-state index contributed by atoms with van der Waals surface area (Å²) in [6, 6.07) is 12.3. The van der Waals surface area contributed by atoms with Gasteiger partial charge in [0.25, 0.3) is 5.91 Å². The highest BCUT2D eigenvalue weighted by Gasteiger charge is 2.51. The lowest BCUT2D eigenvalue weighted by Gasteiger charge is -2.26. The molecular weight excluding hydrogens is 380 g/mol. The molecule has 158 valence electrons. The van der Waals surface area contributed by atoms with Crippen LogP contribution >= 0.6 is 0 Å². The number of carbonyl (C=O) groups excluding carboxylic acids is 3. The van der Waals surface area contributed by atoms with E-state index in [9.17, 15) is 14.4 Å². The Morgan fingerprint density at radius 1 is 1.03 bits per heavy atom. The molecule has 0 aromatic heterocycles. The van der Waals surface area contributed by atoms with Crippen molar-refractivity contribution in [3.63, 3.8) is 0 Å². The minimum Gasteiger partial charge on any atom is -0.497 e. The van der Waals surface area contributed by atoms with Crippen LogP contribution in [0.15, 0.2) is 42.5 Å². The molecule has 6 heteroatoms. The van der Waals surface area contributed by atoms with Crippen molar-refractivity contribution in [1.82, 2.24) is 10.2 Å². The summed E-state index contributed by atoms with van der Waals surface area (Å²) >= 11 is 0. The average Bonchev–Trinajstić information content (AvgIpc) is 3.03. The number of urea groups is 1. The van der Waals surface area contributed by atoms with Crippen molar-refractivity contribution in [1.29, 1.82) is 0 Å². The van der Waals surface area contributed by atoms with E-state index < -0.39 is 17.5 Å². The molecule has 1 N–H and O–H groups in total. The standard InChI is InChI=1S/C24H28N2O4/c1-5-16-8-9-17(6-2)20(14-16)21(27)15-26-22(28)24(7-3,25-23(26)29)18-10-12-19(30-4)13-11-18/h8-14H,5-7,15H2,1-4H3,(H,25,29). The SMILES string of the molecule is CCc1ccc(CC)c(C(=O)CN2C(=O)NC(CC)(c3ccc(OC)cc3)C2=O)c1. The number of carbonyl (C=O) groups is 3. The van der Waals surface area contributed by atoms with E-state index in [1.54, 1.807) is 31.4 Å². The molecular formula is C24H28N2O4. The Kier molecular flexibility index (Phi) is 6.25. The largest absolute Gasteiger partial charge is 0.497 e. The number of hydrogen-bond acceptors (Lipinski definition) is 4. The first kappa shape index (κ1) is 21.6. The Balaban J connectivity index is 1.90. The smallest absolute Gasteiger partial charge is 0.325 e. The highest BCUT2D eigenvalue weighted by molar-refractivity contribution is 6.11. The van der Waals surface area contributed by atoms with Gasteiger partial charge in [-0.05, 0) is 54.2 Å². The summed E-state index contributed by atoms with van der Waals surface area (Å²) in [5.41, 5.74) is 2.04. The third-order valence-corrected chi connectivity index (χ3v) is 5.85. The molecule has 1 fully saturated rings. The molecule has 1 aliphatic rings. The van der Waals surface area contributed by atoms with Gasteiger partial charge in [0.05, 0.1) is 13.7 Å². The molecule has 1 atom stereocenters. The van der Waals surface area contributed by atoms with Crippen LogP contribution in [0.2, 0.25) is 0 Å². The van der Waals surface area contributed by atoms with Crippen LogP contribution in [0.3, 0.4) is 0 Å². The highest BCUT2D eigenvalue weighted by Crippen LogP contribution is 2.33. The van der Waals surface area contributed by atoms with E-state index in [4.69, 9.17) is 4.74 Å². The number of nitrogens with one attached hydrogen (secondary N) is 1. The summed E-state index contributed by atoms with van der Waals surface area (Å²) < 4.78 is 5.18. The number of benzene rings is 2. The molecule has 3 rings (SSSR count). The van der Waals surface area contributed by atoms with E-state index >= 15 is 0 Å². The molecule has 1 aliphatic heterocycles. The number of hydrogen-bond donors (Lipinski definition) is 1. The predicted octanol–water partition coefficient (Wildman–Crippen LogP) is 3.86. The first-order valence-electron chi connectivity index (χ1n) is 10.3. The molecule has 0 spiro atoms. The Hall–Kier alpha value is -3.15. The maximum Gasteiger partial charge on any atom is 0.325 e. The summed E-state index contributed by atoms with van der Waals surface area (Å²) in [5.74, 6) is 0.0298. The van der Waals surface area contributed by atoms with Gasteiger partial charge in [-0.3, -0.25) is 14.5 Å². The normalized spacial score (nSPS) is 18.5. The molecule has 0 radical (unpaired) electrons. The van der Waals surface area contributed by atoms with Gasteiger partial charge in [0.1, 0.15) is 11.3 Å². The molecule has 0 bridgehead atoms. The monoisotopic (exact) mass is 408 g/mol. The van der Waals surface area contributed by atoms with Crippen LogP contribution in [-0.2, 0) is 23.2 Å². The quantitative estimate of drug-likeness (QED) is 0.532. The minimum atomic E-state index is -1.18. The minimum absolute atomic E-state index is 0.229. The first-order valence-corrected chi connectivity index (χ1v) is 10.3. The predicted molar refractivity (Wildman–Crippen MR) is 115 cm³/mol. The van der Waals surface area contributed by atoms with Gasteiger partial charge in [0.15, 0.2) is 5.78 Å². The van der Waals surface area contributed by atoms with Gasteiger partial charge in [-0.25, -0.2) is 4.79 Å². The molecule has 1 unspecified atom stereocenters. The van der Waals surface area contributed by atoms with E-state index in [0.717, 1.165) is 22.4 Å². The Bertz CT molecular complexity index is 968. The van der Waals surface area contributed by atoms with Gasteiger partial charge in [-0.2, -0.15) is 0 Å². The summed E-state index contributed by atoms with van der Waals surface area (Å²) in [5, 5.41) is 2.82. The summed E-state index contributed by atoms with van der Waals surface area (Å²) in [7, 11) is 1.57. The zero-order valence-corrected chi connectivity index (χ0v) is 18.0. The maximum atomic E-state index is 13.3. The van der Waals surface area contributed by atoms with Crippen molar-refractivity contribution in [3.8, 4) is 5.75 Å². The Morgan fingerprint density at radius 3 is 2.30 bits per heavy atom. The lowest BCUT2D eigenvalue weighted by molar-refractivity contribution is -0.131. The van der Waals surface area contributed by atoms with Gasteiger partial charge in [-0.1, -0.05) is 45.0 Å². The van der Waals surface area contributed by atoms with E-state index in [1.165, 1.54) is 0 Å². The van der Waals surface area contributed by atoms with Crippen molar-refractivity contribution in [2.75, 3.05) is 13.7 Å². The van der Waals surface area contributed by atoms with E-state index in [0.29, 0.717) is 29.7 Å². The number of nitrogens with zero attached hydrogens (tertiary/aromatic N) is 1. The lowest BCUT2D eigenvalue weighted by Crippen LogP contribution is -2.43. The first-order chi connectivity index (χ1) is 14.4. The molecule has 2 aromatic carbocycles. The Morgan fingerprint density at radius 2 is 1.73 bits per heavy atom. The topological polar surface area (TPSA) is 75.7 Å². The van der Waals surface area contributed by atoms with Crippen molar-refractivity contribution in [2.24, 2.45) is 0 Å². The van der Waals surface area contributed by atoms with Gasteiger partial charge in [0, 0.05) is 5.56 Å². The summed E-state index contributed by atoms with van der Waals surface area (Å²) in [6.07, 6.45) is 1.89. The second-order valence-corrected chi connectivity index (χ2v) is 7.43. The fourth-order valence-electron chi connectivity index (χ4n) is 3.92. The van der Waals surface area contributed by atoms with E-state index in [1.807, 2.05) is 39.0 Å². The van der Waals surface area contributed by atoms with E-state index in [-0.39, 0.29) is 12.3 Å². The molecule has 30 heavy (non-hydrogen) atoms. The number of amides is 3. The van der Waals surface area contributed by atoms with Crippen LogP contribution < -0.4 is 10.1 Å². The van der Waals surface area contributed by atoms with E-state index in [2.05, 4.69) is 5.32 Å². The molecule has 6 nitrogen and oxygen atoms in total. The van der Waals surface area contributed by atoms with Gasteiger partial charge >= 0.3 is 6.03 Å². The average molecular weight is 408 g/mol. The Labute approximate surface area is 177 Å². The summed E-state index contributed by atoms with van der Waals surface area (Å²) in [4.78, 5) is 40.1. The number of Topliss-reactive ketones (excluding diaryl/α,β-unsaturated/α-hetero) is 1. The maximum absolute atomic E-state index is 13.3. The highest BCUT2D eigenvalue weighted by atomic mass is 16.5. The zero-order chi connectivity index (χ0) is 21.9. The molecule has 2 aromatic rings. The molecule has 3 amide bonds. The number of imide groups is 1. The van der Waals surface area contributed by atoms with Crippen LogP contribution in [0.1, 0.15) is 54.2 Å². The fourth-order valence-corrected chi connectivity index (χ4v) is 3.92. The second kappa shape index (κ2) is 8.69. The van der Waals surface area contributed by atoms with Crippen molar-refractivity contribution in [2.45, 2.75) is 45.6 Å². The number of ketones is 1. The molecule has 0 saturated carbocycles. The van der Waals surface area contributed by atoms with Crippen LogP contribution in [0.5, 0.6) is 5.75 Å². The number of ether oxygens (including phenoxy) is 1. The van der Waals surface area contributed by atoms with Crippen molar-refractivity contribution >= 4 is 17.7 Å².